The molecule has 0 aliphatic carbocycles. The molecule has 0 bridgehead atoms. The van der Waals surface area contributed by atoms with Crippen LogP contribution in [0, 0.1) is 0 Å². The number of hydrogen-bond donors (Lipinski definition) is 0. The Morgan fingerprint density at radius 2 is 1.33 bits per heavy atom. The van der Waals surface area contributed by atoms with Crippen molar-refractivity contribution in [3.05, 3.63) is 0 Å². The van der Waals surface area contributed by atoms with E-state index in [9.17, 15) is 13.0 Å². The first kappa shape index (κ1) is 17.4. The second-order valence-electron chi connectivity index (χ2n) is 5.41. The fourth-order valence-electron chi connectivity index (χ4n) is 2.82. The molecule has 2 fully saturated rings. The lowest BCUT2D eigenvalue weighted by Crippen LogP contribution is -2.39. The van der Waals surface area contributed by atoms with Gasteiger partial charge in [0.2, 0.25) is 0 Å². The quantitative estimate of drug-likeness (QED) is 0.687. The van der Waals surface area contributed by atoms with Crippen molar-refractivity contribution in [2.45, 2.75) is 45.4 Å². The number of hydrogen-bond acceptors (Lipinski definition) is 5. The van der Waals surface area contributed by atoms with Crippen LogP contribution in [0.3, 0.4) is 0 Å². The van der Waals surface area contributed by atoms with Crippen molar-refractivity contribution in [3.8, 4) is 0 Å². The van der Waals surface area contributed by atoms with Gasteiger partial charge in [-0.25, -0.2) is 13.5 Å². The lowest BCUT2D eigenvalue weighted by molar-refractivity contribution is 0.215. The molecular formula is C12H25N2O5PS. The molecule has 0 aromatic carbocycles. The van der Waals surface area contributed by atoms with Crippen LogP contribution in [0.25, 0.3) is 0 Å². The second kappa shape index (κ2) is 7.53. The first-order valence-electron chi connectivity index (χ1n) is 7.69. The summed E-state index contributed by atoms with van der Waals surface area (Å²) in [4.78, 5) is 0. The molecule has 0 unspecified atom stereocenters. The summed E-state index contributed by atoms with van der Waals surface area (Å²) in [6.45, 7) is 3.96. The summed E-state index contributed by atoms with van der Waals surface area (Å²) in [6, 6.07) is 0. The monoisotopic (exact) mass is 340 g/mol. The van der Waals surface area contributed by atoms with Gasteiger partial charge in [-0.1, -0.05) is 12.8 Å². The number of piperidine rings is 2. The molecule has 9 heteroatoms. The van der Waals surface area contributed by atoms with Crippen LogP contribution in [0.2, 0.25) is 0 Å². The van der Waals surface area contributed by atoms with Gasteiger partial charge in [0.25, 0.3) is 0 Å². The molecule has 124 valence electrons. The molecule has 0 aromatic heterocycles. The molecule has 2 saturated heterocycles. The van der Waals surface area contributed by atoms with Crippen molar-refractivity contribution < 1.29 is 21.1 Å². The SMILES string of the molecule is CCOS(=O)(=O)OP(=O)(N1CCCCC1)N1CCCCC1. The van der Waals surface area contributed by atoms with Crippen LogP contribution in [-0.2, 0) is 23.1 Å². The van der Waals surface area contributed by atoms with Crippen LogP contribution in [-0.4, -0.2) is 50.5 Å². The molecule has 0 radical (unpaired) electrons. The van der Waals surface area contributed by atoms with E-state index in [0.717, 1.165) is 38.5 Å². The Hall–Kier alpha value is 0.0200. The zero-order valence-electron chi connectivity index (χ0n) is 12.6. The van der Waals surface area contributed by atoms with Crippen molar-refractivity contribution >= 4 is 18.1 Å². The van der Waals surface area contributed by atoms with Crippen LogP contribution in [0.4, 0.5) is 0 Å². The summed E-state index contributed by atoms with van der Waals surface area (Å²) < 4.78 is 50.3. The number of nitrogens with zero attached hydrogens (tertiary/aromatic N) is 2. The van der Waals surface area contributed by atoms with Gasteiger partial charge in [-0.2, -0.15) is 12.4 Å². The van der Waals surface area contributed by atoms with E-state index < -0.39 is 18.1 Å². The molecule has 0 saturated carbocycles. The Bertz CT molecular complexity index is 450. The van der Waals surface area contributed by atoms with Gasteiger partial charge < -0.3 is 0 Å². The van der Waals surface area contributed by atoms with E-state index in [0.29, 0.717) is 26.2 Å². The summed E-state index contributed by atoms with van der Waals surface area (Å²) in [6.07, 6.45) is 5.81. The van der Waals surface area contributed by atoms with Gasteiger partial charge in [-0.05, 0) is 32.6 Å². The lowest BCUT2D eigenvalue weighted by Gasteiger charge is -2.40. The fraction of sp³-hybridized carbons (Fsp3) is 1.00. The highest BCUT2D eigenvalue weighted by atomic mass is 32.3. The maximum atomic E-state index is 13.4. The van der Waals surface area contributed by atoms with E-state index in [2.05, 4.69) is 4.18 Å². The molecule has 0 spiro atoms. The van der Waals surface area contributed by atoms with Crippen molar-refractivity contribution in [1.29, 1.82) is 0 Å². The third-order valence-electron chi connectivity index (χ3n) is 3.83. The lowest BCUT2D eigenvalue weighted by atomic mass is 10.2. The summed E-state index contributed by atoms with van der Waals surface area (Å²) in [5, 5.41) is 0. The molecule has 0 atom stereocenters. The Morgan fingerprint density at radius 3 is 1.71 bits per heavy atom. The van der Waals surface area contributed by atoms with Crippen molar-refractivity contribution in [1.82, 2.24) is 9.34 Å². The summed E-state index contributed by atoms with van der Waals surface area (Å²) in [5.74, 6) is 0. The Kier molecular flexibility index (Phi) is 6.23. The first-order chi connectivity index (χ1) is 9.98. The minimum atomic E-state index is -4.23. The van der Waals surface area contributed by atoms with E-state index in [1.165, 1.54) is 0 Å². The summed E-state index contributed by atoms with van der Waals surface area (Å²) in [5.41, 5.74) is 0. The van der Waals surface area contributed by atoms with Gasteiger partial charge in [-0.3, -0.25) is 4.57 Å². The van der Waals surface area contributed by atoms with E-state index in [4.69, 9.17) is 3.97 Å². The normalized spacial score (nSPS) is 23.3. The van der Waals surface area contributed by atoms with Gasteiger partial charge in [-0.15, -0.1) is 0 Å². The highest BCUT2D eigenvalue weighted by Crippen LogP contribution is 2.57. The van der Waals surface area contributed by atoms with Crippen LogP contribution in [0.5, 0.6) is 0 Å². The Labute approximate surface area is 127 Å². The predicted octanol–water partition coefficient (Wildman–Crippen LogP) is 2.36. The highest BCUT2D eigenvalue weighted by molar-refractivity contribution is 7.87. The molecule has 2 aliphatic rings. The van der Waals surface area contributed by atoms with Gasteiger partial charge in [0.05, 0.1) is 6.61 Å². The molecular weight excluding hydrogens is 315 g/mol. The Balaban J connectivity index is 2.21. The van der Waals surface area contributed by atoms with E-state index in [1.807, 2.05) is 0 Å². The van der Waals surface area contributed by atoms with Gasteiger partial charge >= 0.3 is 18.1 Å². The molecule has 21 heavy (non-hydrogen) atoms. The maximum absolute atomic E-state index is 13.4. The van der Waals surface area contributed by atoms with E-state index in [1.54, 1.807) is 16.3 Å². The third-order valence-corrected chi connectivity index (χ3v) is 8.09. The molecule has 2 aliphatic heterocycles. The minimum Gasteiger partial charge on any atom is -0.254 e. The molecule has 0 N–H and O–H groups in total. The predicted molar refractivity (Wildman–Crippen MR) is 80.1 cm³/mol. The highest BCUT2D eigenvalue weighted by Gasteiger charge is 2.44. The molecule has 2 rings (SSSR count). The minimum absolute atomic E-state index is 0.0255. The zero-order chi connectivity index (χ0) is 15.3. The standard InChI is InChI=1S/C12H25N2O5PS/c1-2-18-21(16,17)19-20(15,13-9-5-3-6-10-13)14-11-7-4-8-12-14/h2-12H2,1H3. The molecule has 2 heterocycles. The van der Waals surface area contributed by atoms with Crippen molar-refractivity contribution in [2.75, 3.05) is 32.8 Å². The van der Waals surface area contributed by atoms with Crippen LogP contribution in [0.15, 0.2) is 0 Å². The van der Waals surface area contributed by atoms with E-state index >= 15 is 0 Å². The first-order valence-corrected chi connectivity index (χ1v) is 10.6. The maximum Gasteiger partial charge on any atom is 0.407 e. The van der Waals surface area contributed by atoms with Crippen molar-refractivity contribution in [3.63, 3.8) is 0 Å². The van der Waals surface area contributed by atoms with E-state index in [-0.39, 0.29) is 6.61 Å². The average Bonchev–Trinajstić information content (AvgIpc) is 2.48. The van der Waals surface area contributed by atoms with Gasteiger partial charge in [0, 0.05) is 26.2 Å². The van der Waals surface area contributed by atoms with Crippen molar-refractivity contribution in [2.24, 2.45) is 0 Å². The number of rotatable bonds is 6. The second-order valence-corrected chi connectivity index (χ2v) is 9.17. The third kappa shape index (κ3) is 4.50. The molecule has 0 aromatic rings. The summed E-state index contributed by atoms with van der Waals surface area (Å²) in [7, 11) is -7.80. The van der Waals surface area contributed by atoms with Gasteiger partial charge in [0.15, 0.2) is 0 Å². The van der Waals surface area contributed by atoms with Crippen LogP contribution < -0.4 is 0 Å². The summed E-state index contributed by atoms with van der Waals surface area (Å²) >= 11 is 0. The zero-order valence-corrected chi connectivity index (χ0v) is 14.3. The topological polar surface area (TPSA) is 76.2 Å². The molecule has 0 amide bonds. The fourth-order valence-corrected chi connectivity index (χ4v) is 6.92. The largest absolute Gasteiger partial charge is 0.407 e. The van der Waals surface area contributed by atoms with Crippen LogP contribution in [0.1, 0.15) is 45.4 Å². The smallest absolute Gasteiger partial charge is 0.254 e. The average molecular weight is 340 g/mol. The Morgan fingerprint density at radius 1 is 0.905 bits per heavy atom. The van der Waals surface area contributed by atoms with Crippen LogP contribution >= 0.6 is 7.67 Å². The van der Waals surface area contributed by atoms with Gasteiger partial charge in [0.1, 0.15) is 0 Å². The molecule has 7 nitrogen and oxygen atoms in total.